The summed E-state index contributed by atoms with van der Waals surface area (Å²) in [7, 11) is 0. The number of hydrogen-bond acceptors (Lipinski definition) is 5. The SMILES string of the molecule is O=C(O)c1ccccc1C#CC(=O)N1CCN(c2nccs2)CC1. The molecule has 24 heavy (non-hydrogen) atoms. The van der Waals surface area contributed by atoms with E-state index in [1.54, 1.807) is 40.6 Å². The minimum absolute atomic E-state index is 0.103. The average molecular weight is 341 g/mol. The molecule has 0 radical (unpaired) electrons. The van der Waals surface area contributed by atoms with E-state index in [0.29, 0.717) is 31.7 Å². The molecule has 7 heteroatoms. The van der Waals surface area contributed by atoms with Crippen LogP contribution in [0.15, 0.2) is 35.8 Å². The zero-order chi connectivity index (χ0) is 16.9. The Morgan fingerprint density at radius 3 is 2.58 bits per heavy atom. The van der Waals surface area contributed by atoms with Crippen molar-refractivity contribution in [1.82, 2.24) is 9.88 Å². The quantitative estimate of drug-likeness (QED) is 0.839. The molecule has 6 nitrogen and oxygen atoms in total. The first kappa shape index (κ1) is 16.0. The number of piperazine rings is 1. The molecule has 1 amide bonds. The summed E-state index contributed by atoms with van der Waals surface area (Å²) < 4.78 is 0. The van der Waals surface area contributed by atoms with Gasteiger partial charge in [0.1, 0.15) is 0 Å². The van der Waals surface area contributed by atoms with Gasteiger partial charge in [-0.15, -0.1) is 11.3 Å². The van der Waals surface area contributed by atoms with Crippen molar-refractivity contribution < 1.29 is 14.7 Å². The van der Waals surface area contributed by atoms with Gasteiger partial charge in [-0.2, -0.15) is 0 Å². The van der Waals surface area contributed by atoms with Crippen LogP contribution < -0.4 is 4.90 Å². The van der Waals surface area contributed by atoms with Crippen LogP contribution in [0.25, 0.3) is 0 Å². The molecule has 1 fully saturated rings. The monoisotopic (exact) mass is 341 g/mol. The number of carbonyl (C=O) groups is 2. The predicted molar refractivity (Wildman–Crippen MR) is 91.2 cm³/mol. The maximum absolute atomic E-state index is 12.2. The van der Waals surface area contributed by atoms with E-state index < -0.39 is 5.97 Å². The van der Waals surface area contributed by atoms with Gasteiger partial charge < -0.3 is 14.9 Å². The summed E-state index contributed by atoms with van der Waals surface area (Å²) in [6, 6.07) is 6.41. The smallest absolute Gasteiger partial charge is 0.336 e. The molecular formula is C17H15N3O3S. The van der Waals surface area contributed by atoms with Gasteiger partial charge in [0.25, 0.3) is 5.91 Å². The standard InChI is InChI=1S/C17H15N3O3S/c21-15(6-5-13-3-1-2-4-14(13)16(22)23)19-8-10-20(11-9-19)17-18-7-12-24-17/h1-4,7,12H,8-11H2,(H,22,23). The van der Waals surface area contributed by atoms with Crippen molar-refractivity contribution in [2.45, 2.75) is 0 Å². The van der Waals surface area contributed by atoms with Gasteiger partial charge >= 0.3 is 5.97 Å². The third-order valence-corrected chi connectivity index (χ3v) is 4.55. The van der Waals surface area contributed by atoms with Crippen LogP contribution in [-0.4, -0.2) is 53.0 Å². The van der Waals surface area contributed by atoms with Crippen molar-refractivity contribution >= 4 is 28.3 Å². The summed E-state index contributed by atoms with van der Waals surface area (Å²) in [6.07, 6.45) is 1.77. The van der Waals surface area contributed by atoms with Gasteiger partial charge in [-0.3, -0.25) is 4.79 Å². The number of hydrogen-bond donors (Lipinski definition) is 1. The minimum Gasteiger partial charge on any atom is -0.478 e. The Morgan fingerprint density at radius 1 is 1.17 bits per heavy atom. The van der Waals surface area contributed by atoms with E-state index in [1.165, 1.54) is 6.07 Å². The molecule has 0 atom stereocenters. The lowest BCUT2D eigenvalue weighted by Crippen LogP contribution is -2.48. The van der Waals surface area contributed by atoms with E-state index in [4.69, 9.17) is 5.11 Å². The van der Waals surface area contributed by atoms with Crippen LogP contribution in [0.5, 0.6) is 0 Å². The number of aromatic carboxylic acids is 1. The van der Waals surface area contributed by atoms with E-state index in [0.717, 1.165) is 5.13 Å². The highest BCUT2D eigenvalue weighted by Gasteiger charge is 2.21. The number of nitrogens with zero attached hydrogens (tertiary/aromatic N) is 3. The van der Waals surface area contributed by atoms with E-state index in [-0.39, 0.29) is 11.5 Å². The van der Waals surface area contributed by atoms with Crippen LogP contribution in [0.4, 0.5) is 5.13 Å². The van der Waals surface area contributed by atoms with Crippen LogP contribution >= 0.6 is 11.3 Å². The molecular weight excluding hydrogens is 326 g/mol. The molecule has 1 saturated heterocycles. The molecule has 2 heterocycles. The Morgan fingerprint density at radius 2 is 1.92 bits per heavy atom. The van der Waals surface area contributed by atoms with E-state index in [2.05, 4.69) is 21.7 Å². The molecule has 0 saturated carbocycles. The number of aromatic nitrogens is 1. The fourth-order valence-corrected chi connectivity index (χ4v) is 3.15. The van der Waals surface area contributed by atoms with Crippen LogP contribution in [0.1, 0.15) is 15.9 Å². The molecule has 122 valence electrons. The third-order valence-electron chi connectivity index (χ3n) is 3.72. The van der Waals surface area contributed by atoms with Crippen LogP contribution in [0, 0.1) is 11.8 Å². The van der Waals surface area contributed by atoms with Crippen molar-refractivity contribution in [1.29, 1.82) is 0 Å². The van der Waals surface area contributed by atoms with Gasteiger partial charge in [-0.05, 0) is 12.1 Å². The van der Waals surface area contributed by atoms with Crippen molar-refractivity contribution in [3.8, 4) is 11.8 Å². The summed E-state index contributed by atoms with van der Waals surface area (Å²) in [6.45, 7) is 2.58. The summed E-state index contributed by atoms with van der Waals surface area (Å²) in [5.41, 5.74) is 0.450. The molecule has 0 spiro atoms. The van der Waals surface area contributed by atoms with Crippen LogP contribution in [0.2, 0.25) is 0 Å². The van der Waals surface area contributed by atoms with Gasteiger partial charge in [0.2, 0.25) is 0 Å². The summed E-state index contributed by atoms with van der Waals surface area (Å²) in [5, 5.41) is 12.0. The first-order chi connectivity index (χ1) is 11.6. The zero-order valence-corrected chi connectivity index (χ0v) is 13.6. The van der Waals surface area contributed by atoms with E-state index >= 15 is 0 Å². The molecule has 1 N–H and O–H groups in total. The predicted octanol–water partition coefficient (Wildman–Crippen LogP) is 1.54. The van der Waals surface area contributed by atoms with Gasteiger partial charge in [0.05, 0.1) is 5.56 Å². The maximum atomic E-state index is 12.2. The Bertz CT molecular complexity index is 800. The number of benzene rings is 1. The second-order valence-corrected chi connectivity index (χ2v) is 6.07. The molecule has 1 aliphatic rings. The number of carboxylic acids is 1. The van der Waals surface area contributed by atoms with Crippen molar-refractivity contribution in [3.63, 3.8) is 0 Å². The molecule has 1 aromatic carbocycles. The molecule has 0 bridgehead atoms. The first-order valence-corrected chi connectivity index (χ1v) is 8.31. The van der Waals surface area contributed by atoms with E-state index in [9.17, 15) is 9.59 Å². The van der Waals surface area contributed by atoms with Gasteiger partial charge in [0.15, 0.2) is 5.13 Å². The fourth-order valence-electron chi connectivity index (χ4n) is 2.45. The van der Waals surface area contributed by atoms with Gasteiger partial charge in [-0.1, -0.05) is 18.1 Å². The number of rotatable bonds is 2. The molecule has 0 aliphatic carbocycles. The highest BCUT2D eigenvalue weighted by molar-refractivity contribution is 7.13. The Hall–Kier alpha value is -2.85. The molecule has 1 aliphatic heterocycles. The lowest BCUT2D eigenvalue weighted by molar-refractivity contribution is -0.125. The number of amides is 1. The highest BCUT2D eigenvalue weighted by atomic mass is 32.1. The maximum Gasteiger partial charge on any atom is 0.336 e. The van der Waals surface area contributed by atoms with Gasteiger partial charge in [-0.25, -0.2) is 9.78 Å². The number of carbonyl (C=O) groups excluding carboxylic acids is 1. The lowest BCUT2D eigenvalue weighted by Gasteiger charge is -2.33. The fraction of sp³-hybridized carbons (Fsp3) is 0.235. The van der Waals surface area contributed by atoms with Crippen molar-refractivity contribution in [2.24, 2.45) is 0 Å². The number of carboxylic acid groups (broad SMARTS) is 1. The van der Waals surface area contributed by atoms with Gasteiger partial charge in [0, 0.05) is 49.2 Å². The number of thiazole rings is 1. The Kier molecular flexibility index (Phi) is 4.77. The minimum atomic E-state index is -1.05. The first-order valence-electron chi connectivity index (χ1n) is 7.43. The van der Waals surface area contributed by atoms with Crippen LogP contribution in [0.3, 0.4) is 0 Å². The topological polar surface area (TPSA) is 73.7 Å². The third kappa shape index (κ3) is 3.55. The zero-order valence-electron chi connectivity index (χ0n) is 12.8. The summed E-state index contributed by atoms with van der Waals surface area (Å²) >= 11 is 1.58. The highest BCUT2D eigenvalue weighted by Crippen LogP contribution is 2.18. The Balaban J connectivity index is 1.64. The Labute approximate surface area is 143 Å². The summed E-state index contributed by atoms with van der Waals surface area (Å²) in [4.78, 5) is 31.5. The largest absolute Gasteiger partial charge is 0.478 e. The van der Waals surface area contributed by atoms with Crippen LogP contribution in [-0.2, 0) is 4.79 Å². The second-order valence-electron chi connectivity index (χ2n) is 5.19. The van der Waals surface area contributed by atoms with Crippen molar-refractivity contribution in [3.05, 3.63) is 47.0 Å². The lowest BCUT2D eigenvalue weighted by atomic mass is 10.1. The number of anilines is 1. The second kappa shape index (κ2) is 7.15. The molecule has 3 rings (SSSR count). The molecule has 1 aromatic heterocycles. The average Bonchev–Trinajstić information content (AvgIpc) is 3.14. The van der Waals surface area contributed by atoms with E-state index in [1.807, 2.05) is 5.38 Å². The molecule has 2 aromatic rings. The summed E-state index contributed by atoms with van der Waals surface area (Å²) in [5.74, 6) is 3.91. The van der Waals surface area contributed by atoms with Crippen molar-refractivity contribution in [2.75, 3.05) is 31.1 Å². The molecule has 0 unspecified atom stereocenters. The normalized spacial score (nSPS) is 14.0.